The van der Waals surface area contributed by atoms with Crippen LogP contribution in [0.4, 0.5) is 0 Å². The predicted molar refractivity (Wildman–Crippen MR) is 76.6 cm³/mol. The molecule has 1 N–H and O–H groups in total. The van der Waals surface area contributed by atoms with Gasteiger partial charge in [-0.3, -0.25) is 0 Å². The zero-order valence-electron chi connectivity index (χ0n) is 12.0. The van der Waals surface area contributed by atoms with Gasteiger partial charge in [-0.1, -0.05) is 0 Å². The summed E-state index contributed by atoms with van der Waals surface area (Å²) in [7, 11) is 3.57. The number of aromatic nitrogens is 3. The number of ether oxygens (including phenoxy) is 1. The maximum atomic E-state index is 5.39. The molecule has 0 aliphatic rings. The van der Waals surface area contributed by atoms with Crippen LogP contribution in [0.2, 0.25) is 0 Å². The average Bonchev–Trinajstić information content (AvgIpc) is 2.90. The first-order valence-electron chi connectivity index (χ1n) is 6.25. The topological polar surface area (TPSA) is 52.0 Å². The van der Waals surface area contributed by atoms with Gasteiger partial charge in [0.25, 0.3) is 0 Å². The molecule has 0 saturated heterocycles. The van der Waals surface area contributed by atoms with Crippen LogP contribution in [0.5, 0.6) is 5.88 Å². The third-order valence-corrected chi connectivity index (χ3v) is 4.17. The Hall–Kier alpha value is -1.40. The van der Waals surface area contributed by atoms with Crippen LogP contribution in [-0.2, 0) is 13.6 Å². The third-order valence-electron chi connectivity index (χ3n) is 3.08. The number of hydrogen-bond donors (Lipinski definition) is 1. The highest BCUT2D eigenvalue weighted by Crippen LogP contribution is 2.23. The van der Waals surface area contributed by atoms with Crippen molar-refractivity contribution >= 4 is 11.3 Å². The van der Waals surface area contributed by atoms with Crippen molar-refractivity contribution in [3.8, 4) is 5.88 Å². The Kier molecular flexibility index (Phi) is 4.21. The van der Waals surface area contributed by atoms with E-state index in [1.165, 1.54) is 4.88 Å². The van der Waals surface area contributed by atoms with Crippen LogP contribution in [0.15, 0.2) is 6.20 Å². The summed E-state index contributed by atoms with van der Waals surface area (Å²) >= 11 is 1.72. The second-order valence-electron chi connectivity index (χ2n) is 4.61. The van der Waals surface area contributed by atoms with Crippen LogP contribution in [0.3, 0.4) is 0 Å². The lowest BCUT2D eigenvalue weighted by Gasteiger charge is -2.11. The van der Waals surface area contributed by atoms with Crippen LogP contribution in [0.1, 0.15) is 34.1 Å². The number of nitrogens with one attached hydrogen (secondary N) is 1. The van der Waals surface area contributed by atoms with Crippen molar-refractivity contribution in [3.05, 3.63) is 27.3 Å². The van der Waals surface area contributed by atoms with E-state index in [-0.39, 0.29) is 6.04 Å². The maximum absolute atomic E-state index is 5.39. The standard InChI is InChI=1S/C13H20N4OS/c1-8-6-15-12(19-8)10(3)14-7-11-9(2)16-17(4)13(11)18-5/h6,10,14H,7H2,1-5H3. The minimum absolute atomic E-state index is 0.225. The molecule has 19 heavy (non-hydrogen) atoms. The van der Waals surface area contributed by atoms with E-state index in [0.717, 1.165) is 28.7 Å². The van der Waals surface area contributed by atoms with Gasteiger partial charge >= 0.3 is 0 Å². The molecule has 0 fully saturated rings. The van der Waals surface area contributed by atoms with Crippen molar-refractivity contribution in [1.82, 2.24) is 20.1 Å². The van der Waals surface area contributed by atoms with Gasteiger partial charge in [0.1, 0.15) is 5.01 Å². The van der Waals surface area contributed by atoms with Crippen molar-refractivity contribution < 1.29 is 4.74 Å². The van der Waals surface area contributed by atoms with Crippen molar-refractivity contribution in [2.75, 3.05) is 7.11 Å². The fourth-order valence-electron chi connectivity index (χ4n) is 2.05. The van der Waals surface area contributed by atoms with Crippen LogP contribution >= 0.6 is 11.3 Å². The first kappa shape index (κ1) is 14.0. The number of nitrogens with zero attached hydrogens (tertiary/aromatic N) is 3. The van der Waals surface area contributed by atoms with E-state index in [1.807, 2.05) is 20.2 Å². The van der Waals surface area contributed by atoms with Crippen molar-refractivity contribution in [2.45, 2.75) is 33.4 Å². The van der Waals surface area contributed by atoms with Crippen LogP contribution in [0, 0.1) is 13.8 Å². The van der Waals surface area contributed by atoms with Crippen molar-refractivity contribution in [3.63, 3.8) is 0 Å². The molecule has 2 heterocycles. The number of aryl methyl sites for hydroxylation is 3. The lowest BCUT2D eigenvalue weighted by atomic mass is 10.2. The van der Waals surface area contributed by atoms with E-state index in [4.69, 9.17) is 4.74 Å². The SMILES string of the molecule is COc1c(CNC(C)c2ncc(C)s2)c(C)nn1C. The minimum Gasteiger partial charge on any atom is -0.481 e. The molecule has 0 aliphatic carbocycles. The molecule has 0 spiro atoms. The van der Waals surface area contributed by atoms with E-state index >= 15 is 0 Å². The van der Waals surface area contributed by atoms with Gasteiger partial charge in [-0.2, -0.15) is 5.10 Å². The molecule has 0 amide bonds. The molecule has 2 aromatic heterocycles. The first-order chi connectivity index (χ1) is 9.02. The normalized spacial score (nSPS) is 12.7. The predicted octanol–water partition coefficient (Wildman–Crippen LogP) is 2.35. The molecule has 1 unspecified atom stereocenters. The molecule has 0 aromatic carbocycles. The number of thiazole rings is 1. The second-order valence-corrected chi connectivity index (χ2v) is 5.87. The Bertz CT molecular complexity index is 561. The highest BCUT2D eigenvalue weighted by atomic mass is 32.1. The smallest absolute Gasteiger partial charge is 0.216 e. The maximum Gasteiger partial charge on any atom is 0.216 e. The number of rotatable bonds is 5. The fourth-order valence-corrected chi connectivity index (χ4v) is 2.86. The Labute approximate surface area is 117 Å². The zero-order valence-corrected chi connectivity index (χ0v) is 12.8. The van der Waals surface area contributed by atoms with Gasteiger partial charge < -0.3 is 10.1 Å². The third kappa shape index (κ3) is 2.96. The highest BCUT2D eigenvalue weighted by Gasteiger charge is 2.15. The fraction of sp³-hybridized carbons (Fsp3) is 0.538. The van der Waals surface area contributed by atoms with Gasteiger partial charge in [0.05, 0.1) is 24.4 Å². The second kappa shape index (κ2) is 5.71. The first-order valence-corrected chi connectivity index (χ1v) is 7.06. The lowest BCUT2D eigenvalue weighted by molar-refractivity contribution is 0.367. The summed E-state index contributed by atoms with van der Waals surface area (Å²) in [5, 5.41) is 8.96. The summed E-state index contributed by atoms with van der Waals surface area (Å²) in [5.74, 6) is 0.813. The summed E-state index contributed by atoms with van der Waals surface area (Å²) < 4.78 is 7.15. The van der Waals surface area contributed by atoms with E-state index in [0.29, 0.717) is 0 Å². The van der Waals surface area contributed by atoms with E-state index in [1.54, 1.807) is 23.1 Å². The largest absolute Gasteiger partial charge is 0.481 e. The molecular weight excluding hydrogens is 260 g/mol. The van der Waals surface area contributed by atoms with Crippen LogP contribution in [-0.4, -0.2) is 21.9 Å². The minimum atomic E-state index is 0.225. The summed E-state index contributed by atoms with van der Waals surface area (Å²) in [5.41, 5.74) is 2.10. The summed E-state index contributed by atoms with van der Waals surface area (Å²) in [4.78, 5) is 5.64. The van der Waals surface area contributed by atoms with Crippen molar-refractivity contribution in [2.24, 2.45) is 7.05 Å². The molecule has 6 heteroatoms. The Morgan fingerprint density at radius 1 is 1.47 bits per heavy atom. The monoisotopic (exact) mass is 280 g/mol. The zero-order chi connectivity index (χ0) is 14.0. The van der Waals surface area contributed by atoms with Crippen molar-refractivity contribution in [1.29, 1.82) is 0 Å². The average molecular weight is 280 g/mol. The lowest BCUT2D eigenvalue weighted by Crippen LogP contribution is -2.18. The Balaban J connectivity index is 2.06. The molecule has 2 rings (SSSR count). The van der Waals surface area contributed by atoms with Gasteiger partial charge in [0.2, 0.25) is 5.88 Å². The Morgan fingerprint density at radius 3 is 2.79 bits per heavy atom. The highest BCUT2D eigenvalue weighted by molar-refractivity contribution is 7.11. The molecule has 2 aromatic rings. The van der Waals surface area contributed by atoms with Gasteiger partial charge in [0, 0.05) is 24.7 Å². The Morgan fingerprint density at radius 2 is 2.21 bits per heavy atom. The molecule has 0 aliphatic heterocycles. The summed E-state index contributed by atoms with van der Waals surface area (Å²) in [6.07, 6.45) is 1.91. The molecule has 1 atom stereocenters. The summed E-state index contributed by atoms with van der Waals surface area (Å²) in [6, 6.07) is 0.225. The molecule has 0 radical (unpaired) electrons. The number of hydrogen-bond acceptors (Lipinski definition) is 5. The van der Waals surface area contributed by atoms with Gasteiger partial charge in [-0.05, 0) is 20.8 Å². The van der Waals surface area contributed by atoms with E-state index in [9.17, 15) is 0 Å². The quantitative estimate of drug-likeness (QED) is 0.913. The van der Waals surface area contributed by atoms with Gasteiger partial charge in [0.15, 0.2) is 0 Å². The molecule has 104 valence electrons. The molecule has 0 saturated carbocycles. The van der Waals surface area contributed by atoms with Gasteiger partial charge in [-0.25, -0.2) is 9.67 Å². The molecule has 0 bridgehead atoms. The number of methoxy groups -OCH3 is 1. The van der Waals surface area contributed by atoms with E-state index in [2.05, 4.69) is 29.2 Å². The van der Waals surface area contributed by atoms with E-state index < -0.39 is 0 Å². The molecule has 5 nitrogen and oxygen atoms in total. The van der Waals surface area contributed by atoms with Crippen LogP contribution < -0.4 is 10.1 Å². The molecular formula is C13H20N4OS. The summed E-state index contributed by atoms with van der Waals surface area (Å²) in [6.45, 7) is 6.92. The van der Waals surface area contributed by atoms with Crippen LogP contribution in [0.25, 0.3) is 0 Å². The van der Waals surface area contributed by atoms with Gasteiger partial charge in [-0.15, -0.1) is 11.3 Å².